The van der Waals surface area contributed by atoms with Crippen molar-refractivity contribution in [3.63, 3.8) is 0 Å². The Kier molecular flexibility index (Phi) is 7.02. The van der Waals surface area contributed by atoms with E-state index in [0.29, 0.717) is 16.3 Å². The molecule has 0 bridgehead atoms. The van der Waals surface area contributed by atoms with Crippen molar-refractivity contribution in [1.29, 1.82) is 0 Å². The lowest BCUT2D eigenvalue weighted by Gasteiger charge is -2.39. The van der Waals surface area contributed by atoms with Crippen molar-refractivity contribution < 1.29 is 34.7 Å². The normalized spacial score (nSPS) is 27.1. The first-order valence-electron chi connectivity index (χ1n) is 8.94. The lowest BCUT2D eigenvalue weighted by atomic mass is 9.99. The van der Waals surface area contributed by atoms with Crippen molar-refractivity contribution in [1.82, 2.24) is 0 Å². The van der Waals surface area contributed by atoms with E-state index in [2.05, 4.69) is 0 Å². The Labute approximate surface area is 172 Å². The lowest BCUT2D eigenvalue weighted by molar-refractivity contribution is -0.277. The van der Waals surface area contributed by atoms with E-state index in [1.807, 2.05) is 0 Å². The molecular weight excluding hydrogens is 400 g/mol. The van der Waals surface area contributed by atoms with E-state index < -0.39 is 37.3 Å². The fourth-order valence-electron chi connectivity index (χ4n) is 2.84. The smallest absolute Gasteiger partial charge is 0.229 e. The van der Waals surface area contributed by atoms with Crippen molar-refractivity contribution in [2.24, 2.45) is 0 Å². The van der Waals surface area contributed by atoms with Gasteiger partial charge in [0.1, 0.15) is 30.2 Å². The van der Waals surface area contributed by atoms with Crippen molar-refractivity contribution in [3.05, 3.63) is 70.8 Å². The molecule has 7 nitrogen and oxygen atoms in total. The highest BCUT2D eigenvalue weighted by Gasteiger charge is 2.44. The van der Waals surface area contributed by atoms with Gasteiger partial charge in [-0.05, 0) is 48.0 Å². The second kappa shape index (κ2) is 9.49. The van der Waals surface area contributed by atoms with E-state index in [1.54, 1.807) is 54.6 Å². The molecule has 3 rings (SSSR count). The van der Waals surface area contributed by atoms with Crippen LogP contribution >= 0.6 is 11.6 Å². The molecule has 29 heavy (non-hydrogen) atoms. The van der Waals surface area contributed by atoms with Crippen LogP contribution in [0.1, 0.15) is 15.9 Å². The number of allylic oxidation sites excluding steroid dienone is 1. The third-order valence-electron chi connectivity index (χ3n) is 4.54. The average Bonchev–Trinajstić information content (AvgIpc) is 2.74. The fourth-order valence-corrected chi connectivity index (χ4v) is 2.96. The molecule has 0 amide bonds. The van der Waals surface area contributed by atoms with Crippen molar-refractivity contribution in [3.8, 4) is 5.75 Å². The summed E-state index contributed by atoms with van der Waals surface area (Å²) in [6.07, 6.45) is -3.64. The zero-order valence-electron chi connectivity index (χ0n) is 15.3. The molecule has 1 aliphatic rings. The van der Waals surface area contributed by atoms with E-state index in [4.69, 9.17) is 21.1 Å². The summed E-state index contributed by atoms with van der Waals surface area (Å²) >= 11 is 5.81. The van der Waals surface area contributed by atoms with E-state index in [9.17, 15) is 25.2 Å². The van der Waals surface area contributed by atoms with Gasteiger partial charge in [0.25, 0.3) is 0 Å². The second-order valence-electron chi connectivity index (χ2n) is 6.59. The summed E-state index contributed by atoms with van der Waals surface area (Å²) in [5, 5.41) is 39.4. The van der Waals surface area contributed by atoms with Gasteiger partial charge >= 0.3 is 0 Å². The van der Waals surface area contributed by atoms with Gasteiger partial charge in [-0.25, -0.2) is 0 Å². The largest absolute Gasteiger partial charge is 0.462 e. The van der Waals surface area contributed by atoms with E-state index in [0.717, 1.165) is 5.56 Å². The quantitative estimate of drug-likeness (QED) is 0.412. The van der Waals surface area contributed by atoms with Gasteiger partial charge in [0.2, 0.25) is 6.29 Å². The van der Waals surface area contributed by atoms with E-state index in [-0.39, 0.29) is 5.78 Å². The predicted molar refractivity (Wildman–Crippen MR) is 106 cm³/mol. The van der Waals surface area contributed by atoms with Gasteiger partial charge in [0.05, 0.1) is 6.61 Å². The van der Waals surface area contributed by atoms with Crippen LogP contribution in [0, 0.1) is 0 Å². The summed E-state index contributed by atoms with van der Waals surface area (Å²) in [4.78, 5) is 12.1. The molecule has 1 heterocycles. The van der Waals surface area contributed by atoms with Crippen molar-refractivity contribution in [2.75, 3.05) is 6.61 Å². The highest BCUT2D eigenvalue weighted by Crippen LogP contribution is 2.24. The Morgan fingerprint density at radius 2 is 1.66 bits per heavy atom. The maximum atomic E-state index is 12.1. The summed E-state index contributed by atoms with van der Waals surface area (Å²) < 4.78 is 10.8. The van der Waals surface area contributed by atoms with Crippen LogP contribution in [0.15, 0.2) is 54.6 Å². The van der Waals surface area contributed by atoms with Crippen LogP contribution in [0.4, 0.5) is 0 Å². The van der Waals surface area contributed by atoms with Crippen LogP contribution in [-0.2, 0) is 4.74 Å². The average molecular weight is 421 g/mol. The molecule has 4 N–H and O–H groups in total. The Balaban J connectivity index is 1.62. The van der Waals surface area contributed by atoms with Gasteiger partial charge in [0.15, 0.2) is 5.78 Å². The van der Waals surface area contributed by atoms with Crippen LogP contribution in [0.25, 0.3) is 6.08 Å². The molecule has 0 saturated carbocycles. The highest BCUT2D eigenvalue weighted by atomic mass is 35.5. The van der Waals surface area contributed by atoms with Crippen LogP contribution in [0.3, 0.4) is 0 Å². The number of aliphatic hydroxyl groups excluding tert-OH is 4. The number of hydrogen-bond acceptors (Lipinski definition) is 7. The number of hydrogen-bond donors (Lipinski definition) is 4. The third kappa shape index (κ3) is 5.22. The van der Waals surface area contributed by atoms with E-state index in [1.165, 1.54) is 6.08 Å². The van der Waals surface area contributed by atoms with Gasteiger partial charge in [-0.3, -0.25) is 4.79 Å². The molecule has 8 heteroatoms. The number of halogens is 1. The molecule has 0 aliphatic carbocycles. The molecule has 154 valence electrons. The SMILES string of the molecule is O=C(/C=C/c1ccc(O[C@@H]2O[C@H](CO)[C@@H](O)[C@@H](O)[C@H]2O)cc1)c1ccc(Cl)cc1. The molecule has 1 fully saturated rings. The first-order valence-corrected chi connectivity index (χ1v) is 9.32. The van der Waals surface area contributed by atoms with Crippen LogP contribution in [0.2, 0.25) is 5.02 Å². The Morgan fingerprint density at radius 1 is 1.00 bits per heavy atom. The van der Waals surface area contributed by atoms with Crippen LogP contribution in [0.5, 0.6) is 5.75 Å². The van der Waals surface area contributed by atoms with Gasteiger partial charge in [-0.15, -0.1) is 0 Å². The molecule has 2 aromatic carbocycles. The van der Waals surface area contributed by atoms with Gasteiger partial charge in [-0.2, -0.15) is 0 Å². The minimum Gasteiger partial charge on any atom is -0.462 e. The first kappa shape index (κ1) is 21.4. The van der Waals surface area contributed by atoms with Gasteiger partial charge in [0, 0.05) is 10.6 Å². The molecule has 2 aromatic rings. The Hall–Kier alpha value is -2.26. The van der Waals surface area contributed by atoms with Crippen molar-refractivity contribution in [2.45, 2.75) is 30.7 Å². The van der Waals surface area contributed by atoms with Gasteiger partial charge in [-0.1, -0.05) is 29.8 Å². The fraction of sp³-hybridized carbons (Fsp3) is 0.286. The monoisotopic (exact) mass is 420 g/mol. The molecule has 1 saturated heterocycles. The molecular formula is C21H21ClO7. The number of carbonyl (C=O) groups is 1. The summed E-state index contributed by atoms with van der Waals surface area (Å²) in [5.41, 5.74) is 1.27. The summed E-state index contributed by atoms with van der Waals surface area (Å²) in [7, 11) is 0. The van der Waals surface area contributed by atoms with Crippen LogP contribution in [-0.4, -0.2) is 63.5 Å². The minimum absolute atomic E-state index is 0.164. The standard InChI is InChI=1S/C21H21ClO7/c22-14-6-4-13(5-7-14)16(24)10-3-12-1-8-15(9-2-12)28-21-20(27)19(26)18(25)17(11-23)29-21/h1-10,17-21,23,25-27H,11H2/b10-3+/t17-,18-,19-,20-,21-/m1/s1. The number of ether oxygens (including phenoxy) is 2. The topological polar surface area (TPSA) is 116 Å². The minimum atomic E-state index is -1.51. The Bertz CT molecular complexity index is 848. The predicted octanol–water partition coefficient (Wildman–Crippen LogP) is 1.41. The van der Waals surface area contributed by atoms with Gasteiger partial charge < -0.3 is 29.9 Å². The molecule has 0 radical (unpaired) electrons. The molecule has 1 aliphatic heterocycles. The molecule has 0 unspecified atom stereocenters. The number of ketones is 1. The Morgan fingerprint density at radius 3 is 2.28 bits per heavy atom. The summed E-state index contributed by atoms with van der Waals surface area (Å²) in [6, 6.07) is 13.2. The lowest BCUT2D eigenvalue weighted by Crippen LogP contribution is -2.60. The maximum Gasteiger partial charge on any atom is 0.229 e. The third-order valence-corrected chi connectivity index (χ3v) is 4.79. The second-order valence-corrected chi connectivity index (χ2v) is 7.03. The van der Waals surface area contributed by atoms with E-state index >= 15 is 0 Å². The molecule has 0 aromatic heterocycles. The number of benzene rings is 2. The number of carbonyl (C=O) groups excluding carboxylic acids is 1. The zero-order chi connectivity index (χ0) is 21.0. The number of rotatable bonds is 6. The molecule has 5 atom stereocenters. The summed E-state index contributed by atoms with van der Waals surface area (Å²) in [6.45, 7) is -0.532. The van der Waals surface area contributed by atoms with Crippen LogP contribution < -0.4 is 4.74 Å². The molecule has 0 spiro atoms. The maximum absolute atomic E-state index is 12.1. The summed E-state index contributed by atoms with van der Waals surface area (Å²) in [5.74, 6) is 0.179. The highest BCUT2D eigenvalue weighted by molar-refractivity contribution is 6.30. The number of aliphatic hydroxyl groups is 4. The first-order chi connectivity index (χ1) is 13.9. The van der Waals surface area contributed by atoms with Crippen molar-refractivity contribution >= 4 is 23.5 Å². The zero-order valence-corrected chi connectivity index (χ0v) is 16.0.